The molecule has 252 valence electrons. The highest BCUT2D eigenvalue weighted by Crippen LogP contribution is 2.42. The first-order valence-corrected chi connectivity index (χ1v) is 18.2. The van der Waals surface area contributed by atoms with Crippen LogP contribution in [0.3, 0.4) is 0 Å². The number of imidazole rings is 1. The summed E-state index contributed by atoms with van der Waals surface area (Å²) in [4.78, 5) is 14.1. The molecule has 0 fully saturated rings. The molecule has 0 radical (unpaired) electrons. The number of aromatic nitrogens is 5. The Morgan fingerprint density at radius 2 is 1.26 bits per heavy atom. The fourth-order valence-corrected chi connectivity index (χ4v) is 8.60. The number of hydrogen-bond donors (Lipinski definition) is 1. The van der Waals surface area contributed by atoms with Gasteiger partial charge in [-0.15, -0.1) is 0 Å². The predicted octanol–water partition coefficient (Wildman–Crippen LogP) is 12.4. The quantitative estimate of drug-likeness (QED) is 0.200. The summed E-state index contributed by atoms with van der Waals surface area (Å²) in [6, 6.07) is 57.5. The van der Waals surface area contributed by atoms with Crippen LogP contribution in [0.1, 0.15) is 0 Å². The van der Waals surface area contributed by atoms with Crippen LogP contribution in [-0.2, 0) is 0 Å². The molecule has 0 unspecified atom stereocenters. The normalized spacial score (nSPS) is 12.1. The Bertz CT molecular complexity index is 3440. The Morgan fingerprint density at radius 3 is 2.17 bits per heavy atom. The molecule has 0 aliphatic carbocycles. The van der Waals surface area contributed by atoms with Crippen molar-refractivity contribution < 1.29 is 4.42 Å². The number of pyridine rings is 1. The molecule has 6 heteroatoms. The first-order chi connectivity index (χ1) is 26.8. The number of hydrogen-bond acceptors (Lipinski definition) is 3. The van der Waals surface area contributed by atoms with Gasteiger partial charge in [0.05, 0.1) is 38.5 Å². The van der Waals surface area contributed by atoms with E-state index in [1.807, 2.05) is 30.5 Å². The van der Waals surface area contributed by atoms with Gasteiger partial charge >= 0.3 is 0 Å². The average molecular weight is 692 g/mol. The van der Waals surface area contributed by atoms with Crippen LogP contribution >= 0.6 is 0 Å². The van der Waals surface area contributed by atoms with Crippen LogP contribution in [0.15, 0.2) is 174 Å². The van der Waals surface area contributed by atoms with Crippen molar-refractivity contribution in [1.29, 1.82) is 0 Å². The molecule has 12 rings (SSSR count). The lowest BCUT2D eigenvalue weighted by Gasteiger charge is -2.11. The second kappa shape index (κ2) is 11.0. The number of H-pyrrole nitrogens is 1. The lowest BCUT2D eigenvalue weighted by atomic mass is 10.0. The lowest BCUT2D eigenvalue weighted by molar-refractivity contribution is 0.673. The Balaban J connectivity index is 1.13. The van der Waals surface area contributed by atoms with Gasteiger partial charge in [-0.3, -0.25) is 9.13 Å². The van der Waals surface area contributed by atoms with E-state index in [9.17, 15) is 0 Å². The topological polar surface area (TPSA) is 64.6 Å². The number of aromatic amines is 1. The second-order valence-corrected chi connectivity index (χ2v) is 13.9. The fourth-order valence-electron chi connectivity index (χ4n) is 8.60. The molecule has 0 bridgehead atoms. The highest BCUT2D eigenvalue weighted by Gasteiger charge is 2.23. The third-order valence-corrected chi connectivity index (χ3v) is 10.9. The fraction of sp³-hybridized carbons (Fsp3) is 0. The Kier molecular flexibility index (Phi) is 5.96. The van der Waals surface area contributed by atoms with Gasteiger partial charge in [0.2, 0.25) is 0 Å². The third-order valence-electron chi connectivity index (χ3n) is 10.9. The van der Waals surface area contributed by atoms with Gasteiger partial charge in [0.25, 0.3) is 0 Å². The number of para-hydroxylation sites is 5. The van der Waals surface area contributed by atoms with E-state index in [4.69, 9.17) is 14.4 Å². The maximum Gasteiger partial charge on any atom is 0.147 e. The SMILES string of the molecule is c1ccc(-n2c(-c3cccc4c3[nH]c3ccc5c6ccccc6oc5c34)nc3c(-c4ccc5c6ccccc6n(-c6ccccn6)c5c4)cccc32)cc1. The maximum atomic E-state index is 6.52. The summed E-state index contributed by atoms with van der Waals surface area (Å²) in [5, 5.41) is 6.81. The van der Waals surface area contributed by atoms with Crippen LogP contribution in [0.2, 0.25) is 0 Å². The molecule has 6 nitrogen and oxygen atoms in total. The first kappa shape index (κ1) is 29.2. The van der Waals surface area contributed by atoms with Gasteiger partial charge in [0.1, 0.15) is 22.8 Å². The van der Waals surface area contributed by atoms with Crippen molar-refractivity contribution in [3.8, 4) is 34.0 Å². The molecule has 0 spiro atoms. The highest BCUT2D eigenvalue weighted by molar-refractivity contribution is 6.24. The molecule has 12 aromatic rings. The molecule has 5 aromatic heterocycles. The molecule has 1 N–H and O–H groups in total. The molecule has 0 aliphatic rings. The molecule has 0 amide bonds. The molecular weight excluding hydrogens is 663 g/mol. The van der Waals surface area contributed by atoms with Gasteiger partial charge in [-0.2, -0.15) is 0 Å². The molecule has 0 aliphatic heterocycles. The summed E-state index contributed by atoms with van der Waals surface area (Å²) in [5.41, 5.74) is 12.3. The largest absolute Gasteiger partial charge is 0.455 e. The number of nitrogens with one attached hydrogen (secondary N) is 1. The maximum absolute atomic E-state index is 6.52. The van der Waals surface area contributed by atoms with E-state index < -0.39 is 0 Å². The minimum atomic E-state index is 0.866. The van der Waals surface area contributed by atoms with Crippen molar-refractivity contribution in [2.75, 3.05) is 0 Å². The van der Waals surface area contributed by atoms with E-state index in [1.54, 1.807) is 0 Å². The van der Waals surface area contributed by atoms with Crippen LogP contribution in [0, 0.1) is 0 Å². The van der Waals surface area contributed by atoms with Crippen LogP contribution < -0.4 is 0 Å². The molecule has 0 saturated heterocycles. The van der Waals surface area contributed by atoms with Gasteiger partial charge in [-0.25, -0.2) is 9.97 Å². The number of furan rings is 1. The van der Waals surface area contributed by atoms with Crippen LogP contribution in [0.25, 0.3) is 111 Å². The summed E-state index contributed by atoms with van der Waals surface area (Å²) in [6.45, 7) is 0. The second-order valence-electron chi connectivity index (χ2n) is 13.9. The molecule has 5 heterocycles. The summed E-state index contributed by atoms with van der Waals surface area (Å²) in [6.07, 6.45) is 1.85. The molecule has 0 atom stereocenters. The minimum absolute atomic E-state index is 0.866. The zero-order chi connectivity index (χ0) is 35.3. The van der Waals surface area contributed by atoms with Crippen LogP contribution in [0.5, 0.6) is 0 Å². The first-order valence-electron chi connectivity index (χ1n) is 18.2. The van der Waals surface area contributed by atoms with E-state index >= 15 is 0 Å². The van der Waals surface area contributed by atoms with Crippen molar-refractivity contribution in [3.63, 3.8) is 0 Å². The van der Waals surface area contributed by atoms with Crippen molar-refractivity contribution in [2.24, 2.45) is 0 Å². The smallest absolute Gasteiger partial charge is 0.147 e. The van der Waals surface area contributed by atoms with E-state index in [-0.39, 0.29) is 0 Å². The minimum Gasteiger partial charge on any atom is -0.455 e. The van der Waals surface area contributed by atoms with Gasteiger partial charge in [0.15, 0.2) is 0 Å². The van der Waals surface area contributed by atoms with E-state index in [0.717, 1.165) is 99.8 Å². The van der Waals surface area contributed by atoms with Crippen LogP contribution in [-0.4, -0.2) is 24.1 Å². The Morgan fingerprint density at radius 1 is 0.519 bits per heavy atom. The summed E-state index contributed by atoms with van der Waals surface area (Å²) in [5.74, 6) is 1.76. The zero-order valence-electron chi connectivity index (χ0n) is 28.9. The van der Waals surface area contributed by atoms with E-state index in [1.165, 1.54) is 10.8 Å². The molecule has 7 aromatic carbocycles. The third kappa shape index (κ3) is 4.05. The molecule has 54 heavy (non-hydrogen) atoms. The highest BCUT2D eigenvalue weighted by atomic mass is 16.3. The monoisotopic (exact) mass is 691 g/mol. The predicted molar refractivity (Wildman–Crippen MR) is 221 cm³/mol. The van der Waals surface area contributed by atoms with Gasteiger partial charge in [-0.05, 0) is 72.3 Å². The van der Waals surface area contributed by atoms with Crippen molar-refractivity contribution in [2.45, 2.75) is 0 Å². The number of fused-ring (bicyclic) bond motifs is 11. The number of rotatable bonds is 4. The van der Waals surface area contributed by atoms with Crippen LogP contribution in [0.4, 0.5) is 0 Å². The standard InChI is InChI=1S/C48H29N5O/c1-2-12-30(13-3-1)52-40-20-11-16-31(29-23-24-33-32-14-4-6-19-39(32)53(41(33)28-29)43-22-8-9-27-49-43)46(40)51-48(52)37-18-10-17-36-44-38(50-45(36)37)26-25-35-34-15-5-7-21-42(34)54-47(35)44/h1-28,50H. The van der Waals surface area contributed by atoms with Gasteiger partial charge in [-0.1, -0.05) is 97.1 Å². The number of nitrogens with zero attached hydrogens (tertiary/aromatic N) is 4. The van der Waals surface area contributed by atoms with Gasteiger partial charge in [0, 0.05) is 49.9 Å². The van der Waals surface area contributed by atoms with Crippen molar-refractivity contribution in [1.82, 2.24) is 24.1 Å². The Labute approximate surface area is 308 Å². The van der Waals surface area contributed by atoms with E-state index in [0.29, 0.717) is 0 Å². The van der Waals surface area contributed by atoms with E-state index in [2.05, 4.69) is 154 Å². The molecular formula is C48H29N5O. The summed E-state index contributed by atoms with van der Waals surface area (Å²) >= 11 is 0. The Hall–Kier alpha value is -7.44. The lowest BCUT2D eigenvalue weighted by Crippen LogP contribution is -1.97. The van der Waals surface area contributed by atoms with Gasteiger partial charge < -0.3 is 9.40 Å². The molecule has 0 saturated carbocycles. The number of benzene rings is 7. The van der Waals surface area contributed by atoms with Crippen molar-refractivity contribution >= 4 is 76.6 Å². The zero-order valence-corrected chi connectivity index (χ0v) is 28.9. The van der Waals surface area contributed by atoms with Crippen molar-refractivity contribution in [3.05, 3.63) is 170 Å². The summed E-state index contributed by atoms with van der Waals surface area (Å²) in [7, 11) is 0. The average Bonchev–Trinajstić information content (AvgIpc) is 4.00. The summed E-state index contributed by atoms with van der Waals surface area (Å²) < 4.78 is 11.1.